The number of likely N-dealkylation sites (tertiary alicyclic amines) is 2. The van der Waals surface area contributed by atoms with Crippen LogP contribution in [0.1, 0.15) is 107 Å². The number of benzene rings is 4. The maximum absolute atomic E-state index is 12.9. The van der Waals surface area contributed by atoms with E-state index in [2.05, 4.69) is 12.1 Å². The van der Waals surface area contributed by atoms with E-state index < -0.39 is 11.2 Å². The average Bonchev–Trinajstić information content (AvgIpc) is 3.60. The zero-order valence-corrected chi connectivity index (χ0v) is 34.2. The second-order valence-electron chi connectivity index (χ2n) is 16.2. The summed E-state index contributed by atoms with van der Waals surface area (Å²) in [6.45, 7) is 7.38. The Morgan fingerprint density at radius 1 is 0.567 bits per heavy atom. The molecule has 0 unspecified atom stereocenters. The summed E-state index contributed by atoms with van der Waals surface area (Å²) in [5.74, 6) is -0.161. The van der Waals surface area contributed by atoms with Crippen molar-refractivity contribution in [3.63, 3.8) is 0 Å². The number of ether oxygens (including phenoxy) is 2. The largest absolute Gasteiger partial charge is 0.441 e. The number of nitriles is 2. The van der Waals surface area contributed by atoms with Gasteiger partial charge in [-0.15, -0.1) is 0 Å². The monoisotopic (exact) mass is 806 g/mol. The first kappa shape index (κ1) is 41.5. The minimum Gasteiger partial charge on any atom is -0.441 e. The van der Waals surface area contributed by atoms with Gasteiger partial charge >= 0.3 is 12.2 Å². The highest BCUT2D eigenvalue weighted by atomic mass is 16.6. The quantitative estimate of drug-likeness (QED) is 0.189. The molecule has 2 spiro atoms. The highest BCUT2D eigenvalue weighted by molar-refractivity contribution is 5.95. The Balaban J connectivity index is 0.000000181. The Labute approximate surface area is 351 Å². The van der Waals surface area contributed by atoms with E-state index in [-0.39, 0.29) is 36.1 Å². The third-order valence-corrected chi connectivity index (χ3v) is 12.3. The fourth-order valence-corrected chi connectivity index (χ4v) is 8.79. The van der Waals surface area contributed by atoms with Gasteiger partial charge in [-0.3, -0.25) is 19.4 Å². The molecule has 4 aromatic carbocycles. The Kier molecular flexibility index (Phi) is 12.5. The molecule has 4 aromatic rings. The molecule has 4 aliphatic heterocycles. The van der Waals surface area contributed by atoms with Gasteiger partial charge in [-0.25, -0.2) is 9.59 Å². The molecule has 0 aliphatic carbocycles. The van der Waals surface area contributed by atoms with Crippen LogP contribution in [0.25, 0.3) is 0 Å². The molecular weight excluding hydrogens is 757 g/mol. The van der Waals surface area contributed by atoms with E-state index in [1.165, 1.54) is 0 Å². The highest BCUT2D eigenvalue weighted by Gasteiger charge is 2.49. The zero-order chi connectivity index (χ0) is 42.3. The van der Waals surface area contributed by atoms with Gasteiger partial charge in [-0.2, -0.15) is 10.5 Å². The van der Waals surface area contributed by atoms with Crippen LogP contribution in [0.2, 0.25) is 0 Å². The molecule has 0 N–H and O–H groups in total. The molecule has 4 heterocycles. The second-order valence-corrected chi connectivity index (χ2v) is 16.2. The standard InChI is InChI=1S/2C24H25N3O3/c2*1-18(20-8-3-2-4-9-20)27-17-24(30-23(27)29)11-6-13-26(14-12-24)22(28)21-10-5-7-19(15-21)16-25/h2*2-5,7-10,15,18H,6,11-14,17H2,1H3/t18-,24+;18-,24-/m01/s1. The van der Waals surface area contributed by atoms with Crippen LogP contribution >= 0.6 is 0 Å². The molecular formula is C48H50N6O6. The number of carbonyl (C=O) groups is 4. The van der Waals surface area contributed by atoms with Crippen LogP contribution in [0.4, 0.5) is 9.59 Å². The lowest BCUT2D eigenvalue weighted by atomic mass is 9.94. The molecule has 4 atom stereocenters. The van der Waals surface area contributed by atoms with Crippen molar-refractivity contribution in [2.75, 3.05) is 39.3 Å². The van der Waals surface area contributed by atoms with Gasteiger partial charge in [0.2, 0.25) is 0 Å². The van der Waals surface area contributed by atoms with Gasteiger partial charge in [0, 0.05) is 50.1 Å². The first-order valence-electron chi connectivity index (χ1n) is 20.7. The van der Waals surface area contributed by atoms with Crippen molar-refractivity contribution >= 4 is 24.0 Å². The molecule has 12 heteroatoms. The molecule has 60 heavy (non-hydrogen) atoms. The number of carbonyl (C=O) groups excluding carboxylic acids is 4. The van der Waals surface area contributed by atoms with Crippen LogP contribution in [0, 0.1) is 22.7 Å². The van der Waals surface area contributed by atoms with Gasteiger partial charge in [0.25, 0.3) is 11.8 Å². The van der Waals surface area contributed by atoms with Crippen molar-refractivity contribution in [2.45, 2.75) is 75.7 Å². The van der Waals surface area contributed by atoms with Crippen molar-refractivity contribution < 1.29 is 28.7 Å². The van der Waals surface area contributed by atoms with Gasteiger partial charge in [0.1, 0.15) is 11.2 Å². The molecule has 12 nitrogen and oxygen atoms in total. The summed E-state index contributed by atoms with van der Waals surface area (Å²) in [4.78, 5) is 58.4. The smallest absolute Gasteiger partial charge is 0.411 e. The van der Waals surface area contributed by atoms with Crippen LogP contribution in [0.15, 0.2) is 109 Å². The lowest BCUT2D eigenvalue weighted by Crippen LogP contribution is -2.37. The molecule has 308 valence electrons. The summed E-state index contributed by atoms with van der Waals surface area (Å²) in [6, 6.07) is 37.5. The van der Waals surface area contributed by atoms with Crippen molar-refractivity contribution in [1.29, 1.82) is 10.5 Å². The van der Waals surface area contributed by atoms with Crippen molar-refractivity contribution in [3.8, 4) is 12.1 Å². The Hall–Kier alpha value is -6.66. The van der Waals surface area contributed by atoms with Crippen molar-refractivity contribution in [3.05, 3.63) is 143 Å². The summed E-state index contributed by atoms with van der Waals surface area (Å²) < 4.78 is 11.8. The minimum absolute atomic E-state index is 0.0622. The SMILES string of the molecule is C[C@@H](c1ccccc1)N1C[C@]2(CCCN(C(=O)c3cccc(C#N)c3)CC2)OC1=O.C[C@H](c1ccccc1)N1C[C@]2(CCCN(C(=O)c3cccc(C#N)c3)CC2)OC1=O. The van der Waals surface area contributed by atoms with E-state index in [1.54, 1.807) is 58.3 Å². The minimum atomic E-state index is -0.552. The Bertz CT molecular complexity index is 2130. The van der Waals surface area contributed by atoms with Gasteiger partial charge in [-0.1, -0.05) is 72.8 Å². The van der Waals surface area contributed by atoms with E-state index in [0.29, 0.717) is 74.4 Å². The third-order valence-electron chi connectivity index (χ3n) is 12.3. The summed E-state index contributed by atoms with van der Waals surface area (Å²) >= 11 is 0. The number of amides is 4. The van der Waals surface area contributed by atoms with Gasteiger partial charge in [0.15, 0.2) is 0 Å². The van der Waals surface area contributed by atoms with Gasteiger partial charge in [-0.05, 0) is 87.1 Å². The first-order valence-corrected chi connectivity index (χ1v) is 20.7. The van der Waals surface area contributed by atoms with Crippen molar-refractivity contribution in [2.24, 2.45) is 0 Å². The molecule has 8 rings (SSSR count). The average molecular weight is 807 g/mol. The summed E-state index contributed by atoms with van der Waals surface area (Å²) in [5, 5.41) is 18.2. The van der Waals surface area contributed by atoms with Crippen LogP contribution in [0.3, 0.4) is 0 Å². The molecule has 4 fully saturated rings. The van der Waals surface area contributed by atoms with Crippen LogP contribution in [-0.4, -0.2) is 94.1 Å². The molecule has 4 saturated heterocycles. The van der Waals surface area contributed by atoms with E-state index in [9.17, 15) is 19.2 Å². The summed E-state index contributed by atoms with van der Waals surface area (Å²) in [5.41, 5.74) is 3.04. The summed E-state index contributed by atoms with van der Waals surface area (Å²) in [6.07, 6.45) is 3.66. The van der Waals surface area contributed by atoms with E-state index in [4.69, 9.17) is 20.0 Å². The number of rotatable bonds is 6. The first-order chi connectivity index (χ1) is 29.0. The highest BCUT2D eigenvalue weighted by Crippen LogP contribution is 2.39. The lowest BCUT2D eigenvalue weighted by Gasteiger charge is -2.27. The zero-order valence-electron chi connectivity index (χ0n) is 34.2. The number of hydrogen-bond donors (Lipinski definition) is 0. The fourth-order valence-electron chi connectivity index (χ4n) is 8.79. The number of hydrogen-bond acceptors (Lipinski definition) is 8. The predicted molar refractivity (Wildman–Crippen MR) is 223 cm³/mol. The molecule has 4 aliphatic rings. The molecule has 0 radical (unpaired) electrons. The molecule has 0 saturated carbocycles. The normalized spacial score (nSPS) is 22.3. The molecule has 0 aromatic heterocycles. The lowest BCUT2D eigenvalue weighted by molar-refractivity contribution is 0.0428. The Morgan fingerprint density at radius 3 is 1.35 bits per heavy atom. The van der Waals surface area contributed by atoms with Crippen LogP contribution < -0.4 is 0 Å². The molecule has 4 amide bonds. The Morgan fingerprint density at radius 2 is 0.967 bits per heavy atom. The second kappa shape index (κ2) is 18.1. The van der Waals surface area contributed by atoms with Crippen molar-refractivity contribution in [1.82, 2.24) is 19.6 Å². The maximum Gasteiger partial charge on any atom is 0.411 e. The fraction of sp³-hybridized carbons (Fsp3) is 0.375. The van der Waals surface area contributed by atoms with E-state index in [1.807, 2.05) is 84.3 Å². The topological polar surface area (TPSA) is 147 Å². The van der Waals surface area contributed by atoms with Crippen LogP contribution in [-0.2, 0) is 9.47 Å². The van der Waals surface area contributed by atoms with Crippen LogP contribution in [0.5, 0.6) is 0 Å². The third kappa shape index (κ3) is 9.14. The summed E-state index contributed by atoms with van der Waals surface area (Å²) in [7, 11) is 0. The predicted octanol–water partition coefficient (Wildman–Crippen LogP) is 8.27. The molecule has 0 bridgehead atoms. The maximum atomic E-state index is 12.9. The van der Waals surface area contributed by atoms with E-state index in [0.717, 1.165) is 36.8 Å². The van der Waals surface area contributed by atoms with E-state index >= 15 is 0 Å². The van der Waals surface area contributed by atoms with Gasteiger partial charge < -0.3 is 19.3 Å². The van der Waals surface area contributed by atoms with Gasteiger partial charge in [0.05, 0.1) is 48.4 Å². The number of nitrogens with zero attached hydrogens (tertiary/aromatic N) is 6.